The molecule has 5 nitrogen and oxygen atoms in total. The van der Waals surface area contributed by atoms with E-state index in [-0.39, 0.29) is 18.3 Å². The second-order valence-corrected chi connectivity index (χ2v) is 9.87. The minimum absolute atomic E-state index is 0.0870. The van der Waals surface area contributed by atoms with Crippen molar-refractivity contribution in [2.45, 2.75) is 13.0 Å². The van der Waals surface area contributed by atoms with E-state index >= 15 is 0 Å². The molecular weight excluding hydrogens is 511 g/mol. The van der Waals surface area contributed by atoms with Crippen LogP contribution in [-0.4, -0.2) is 29.6 Å². The summed E-state index contributed by atoms with van der Waals surface area (Å²) < 4.78 is 24.9. The van der Waals surface area contributed by atoms with Gasteiger partial charge in [-0.25, -0.2) is 9.38 Å². The van der Waals surface area contributed by atoms with Crippen molar-refractivity contribution in [2.75, 3.05) is 13.7 Å². The van der Waals surface area contributed by atoms with Crippen LogP contribution < -0.4 is 9.47 Å². The zero-order valence-corrected chi connectivity index (χ0v) is 22.2. The summed E-state index contributed by atoms with van der Waals surface area (Å²) in [6, 6.07) is 31.5. The normalized spacial score (nSPS) is 15.2. The van der Waals surface area contributed by atoms with E-state index in [0.29, 0.717) is 28.1 Å². The predicted molar refractivity (Wildman–Crippen MR) is 155 cm³/mol. The molecule has 0 saturated carbocycles. The molecule has 4 aromatic rings. The number of carbonyl (C=O) groups is 1. The molecule has 39 heavy (non-hydrogen) atoms. The number of benzene rings is 4. The van der Waals surface area contributed by atoms with E-state index in [0.717, 1.165) is 28.8 Å². The maximum atomic E-state index is 13.5. The second kappa shape index (κ2) is 12.5. The molecule has 7 heteroatoms. The van der Waals surface area contributed by atoms with Crippen LogP contribution in [0.4, 0.5) is 10.1 Å². The Balaban J connectivity index is 1.37. The highest BCUT2D eigenvalue weighted by Crippen LogP contribution is 2.36. The number of amides is 1. The second-order valence-electron chi connectivity index (χ2n) is 8.86. The third-order valence-electron chi connectivity index (χ3n) is 6.10. The van der Waals surface area contributed by atoms with Crippen LogP contribution in [0, 0.1) is 5.82 Å². The third kappa shape index (κ3) is 6.75. The molecule has 1 amide bonds. The van der Waals surface area contributed by atoms with E-state index in [1.807, 2.05) is 66.7 Å². The van der Waals surface area contributed by atoms with Gasteiger partial charge >= 0.3 is 0 Å². The lowest BCUT2D eigenvalue weighted by atomic mass is 10.1. The van der Waals surface area contributed by atoms with Crippen LogP contribution in [0.5, 0.6) is 11.5 Å². The Morgan fingerprint density at radius 2 is 1.62 bits per heavy atom. The number of para-hydroxylation sites is 1. The number of aliphatic imine (C=N–C) groups is 1. The quantitative estimate of drug-likeness (QED) is 0.211. The minimum atomic E-state index is -0.309. The fourth-order valence-electron chi connectivity index (χ4n) is 4.12. The summed E-state index contributed by atoms with van der Waals surface area (Å²) in [4.78, 5) is 20.6. The van der Waals surface area contributed by atoms with E-state index in [1.54, 1.807) is 30.2 Å². The molecule has 0 spiro atoms. The smallest absolute Gasteiger partial charge is 0.266 e. The zero-order valence-electron chi connectivity index (χ0n) is 21.4. The van der Waals surface area contributed by atoms with Crippen LogP contribution in [0.1, 0.15) is 16.7 Å². The SMILES string of the molecule is COc1cc(/C=C2/SC(=Nc3ccccc3)N(CCc3ccccc3)C2=O)ccc1OCc1cccc(F)c1. The average molecular weight is 539 g/mol. The topological polar surface area (TPSA) is 51.1 Å². The number of thioether (sulfide) groups is 1. The molecule has 0 aromatic heterocycles. The van der Waals surface area contributed by atoms with Gasteiger partial charge < -0.3 is 9.47 Å². The summed E-state index contributed by atoms with van der Waals surface area (Å²) in [5.41, 5.74) is 3.47. The van der Waals surface area contributed by atoms with Crippen LogP contribution in [-0.2, 0) is 17.8 Å². The molecule has 1 saturated heterocycles. The number of rotatable bonds is 9. The van der Waals surface area contributed by atoms with Gasteiger partial charge in [-0.3, -0.25) is 9.69 Å². The molecule has 0 radical (unpaired) electrons. The Morgan fingerprint density at radius 3 is 2.36 bits per heavy atom. The lowest BCUT2D eigenvalue weighted by Gasteiger charge is -2.15. The van der Waals surface area contributed by atoms with Crippen LogP contribution in [0.25, 0.3) is 6.08 Å². The number of ether oxygens (including phenoxy) is 2. The van der Waals surface area contributed by atoms with E-state index < -0.39 is 0 Å². The Morgan fingerprint density at radius 1 is 0.872 bits per heavy atom. The van der Waals surface area contributed by atoms with E-state index in [1.165, 1.54) is 23.9 Å². The number of hydrogen-bond donors (Lipinski definition) is 0. The lowest BCUT2D eigenvalue weighted by Crippen LogP contribution is -2.31. The summed E-state index contributed by atoms with van der Waals surface area (Å²) in [7, 11) is 1.56. The van der Waals surface area contributed by atoms with E-state index in [9.17, 15) is 9.18 Å². The summed E-state index contributed by atoms with van der Waals surface area (Å²) >= 11 is 1.36. The van der Waals surface area contributed by atoms with Crippen LogP contribution in [0.15, 0.2) is 113 Å². The average Bonchev–Trinajstić information content (AvgIpc) is 3.25. The maximum absolute atomic E-state index is 13.5. The molecule has 0 bridgehead atoms. The van der Waals surface area contributed by atoms with Crippen LogP contribution >= 0.6 is 11.8 Å². The molecule has 0 unspecified atom stereocenters. The maximum Gasteiger partial charge on any atom is 0.266 e. The first-order chi connectivity index (χ1) is 19.1. The number of hydrogen-bond acceptors (Lipinski definition) is 5. The van der Waals surface area contributed by atoms with Crippen molar-refractivity contribution in [3.8, 4) is 11.5 Å². The van der Waals surface area contributed by atoms with Gasteiger partial charge in [0.1, 0.15) is 12.4 Å². The third-order valence-corrected chi connectivity index (χ3v) is 7.11. The van der Waals surface area contributed by atoms with Crippen molar-refractivity contribution in [3.05, 3.63) is 131 Å². The monoisotopic (exact) mass is 538 g/mol. The molecule has 1 heterocycles. The summed E-state index contributed by atoms with van der Waals surface area (Å²) in [6.45, 7) is 0.730. The number of carbonyl (C=O) groups excluding carboxylic acids is 1. The van der Waals surface area contributed by atoms with Gasteiger partial charge in [0.25, 0.3) is 5.91 Å². The highest BCUT2D eigenvalue weighted by atomic mass is 32.2. The fraction of sp³-hybridized carbons (Fsp3) is 0.125. The molecule has 1 aliphatic heterocycles. The van der Waals surface area contributed by atoms with Gasteiger partial charge in [0.2, 0.25) is 0 Å². The number of methoxy groups -OCH3 is 1. The Labute approximate surface area is 231 Å². The van der Waals surface area contributed by atoms with Crippen LogP contribution in [0.3, 0.4) is 0 Å². The Bertz CT molecular complexity index is 1510. The van der Waals surface area contributed by atoms with Gasteiger partial charge in [-0.2, -0.15) is 0 Å². The van der Waals surface area contributed by atoms with Crippen molar-refractivity contribution < 1.29 is 18.7 Å². The molecule has 196 valence electrons. The Hall–Kier alpha value is -4.36. The molecule has 1 fully saturated rings. The van der Waals surface area contributed by atoms with Crippen molar-refractivity contribution >= 4 is 34.6 Å². The highest BCUT2D eigenvalue weighted by Gasteiger charge is 2.33. The van der Waals surface area contributed by atoms with E-state index in [2.05, 4.69) is 12.1 Å². The molecule has 0 atom stereocenters. The molecule has 1 aliphatic rings. The van der Waals surface area contributed by atoms with Crippen molar-refractivity contribution in [1.82, 2.24) is 4.90 Å². The summed E-state index contributed by atoms with van der Waals surface area (Å²) in [6.07, 6.45) is 2.56. The Kier molecular flexibility index (Phi) is 8.39. The summed E-state index contributed by atoms with van der Waals surface area (Å²) in [5.74, 6) is 0.660. The summed E-state index contributed by atoms with van der Waals surface area (Å²) in [5, 5.41) is 0.649. The first kappa shape index (κ1) is 26.3. The number of halogens is 1. The van der Waals surface area contributed by atoms with Gasteiger partial charge in [-0.15, -0.1) is 0 Å². The standard InChI is InChI=1S/C32H27FN2O3S/c1-37-29-20-24(15-16-28(29)38-22-25-11-8-12-26(33)19-25)21-30-31(36)35(18-17-23-9-4-2-5-10-23)32(39-30)34-27-13-6-3-7-14-27/h2-16,19-21H,17-18,22H2,1H3/b30-21+,34-32?. The van der Waals surface area contributed by atoms with Gasteiger partial charge in [0.15, 0.2) is 16.7 Å². The molecule has 0 N–H and O–H groups in total. The first-order valence-corrected chi connectivity index (χ1v) is 13.3. The van der Waals surface area contributed by atoms with Crippen LogP contribution in [0.2, 0.25) is 0 Å². The largest absolute Gasteiger partial charge is 0.493 e. The highest BCUT2D eigenvalue weighted by molar-refractivity contribution is 8.18. The number of amidine groups is 1. The van der Waals surface area contributed by atoms with Gasteiger partial charge in [-0.05, 0) is 77.3 Å². The van der Waals surface area contributed by atoms with Gasteiger partial charge in [-0.1, -0.05) is 66.7 Å². The predicted octanol–water partition coefficient (Wildman–Crippen LogP) is 7.26. The zero-order chi connectivity index (χ0) is 27.0. The molecule has 4 aromatic carbocycles. The van der Waals surface area contributed by atoms with Gasteiger partial charge in [0, 0.05) is 6.54 Å². The molecule has 5 rings (SSSR count). The van der Waals surface area contributed by atoms with Crippen molar-refractivity contribution in [3.63, 3.8) is 0 Å². The first-order valence-electron chi connectivity index (χ1n) is 12.5. The van der Waals surface area contributed by atoms with Gasteiger partial charge in [0.05, 0.1) is 17.7 Å². The van der Waals surface area contributed by atoms with Crippen molar-refractivity contribution in [1.29, 1.82) is 0 Å². The fourth-order valence-corrected chi connectivity index (χ4v) is 5.14. The number of nitrogens with zero attached hydrogens (tertiary/aromatic N) is 2. The lowest BCUT2D eigenvalue weighted by molar-refractivity contribution is -0.122. The van der Waals surface area contributed by atoms with E-state index in [4.69, 9.17) is 14.5 Å². The minimum Gasteiger partial charge on any atom is -0.493 e. The molecular formula is C32H27FN2O3S. The van der Waals surface area contributed by atoms with Crippen molar-refractivity contribution in [2.24, 2.45) is 4.99 Å². The molecule has 0 aliphatic carbocycles.